The molecule has 0 aromatic carbocycles. The van der Waals surface area contributed by atoms with Crippen molar-refractivity contribution in [2.45, 2.75) is 4.90 Å². The van der Waals surface area contributed by atoms with Crippen LogP contribution in [0.1, 0.15) is 0 Å². The maximum Gasteiger partial charge on any atom is 0.244 e. The van der Waals surface area contributed by atoms with Crippen molar-refractivity contribution >= 4 is 31.8 Å². The van der Waals surface area contributed by atoms with Gasteiger partial charge >= 0.3 is 0 Å². The third-order valence-electron chi connectivity index (χ3n) is 1.84. The molecule has 0 saturated heterocycles. The number of hydrogen-bond acceptors (Lipinski definition) is 6. The third kappa shape index (κ3) is 3.89. The number of hydrogen-bond donors (Lipinski definition) is 3. The highest BCUT2D eigenvalue weighted by Gasteiger charge is 2.19. The lowest BCUT2D eigenvalue weighted by Crippen LogP contribution is -2.28. The third-order valence-corrected chi connectivity index (χ3v) is 3.75. The smallest absolute Gasteiger partial charge is 0.244 e. The van der Waals surface area contributed by atoms with E-state index in [9.17, 15) is 8.42 Å². The molecule has 1 rings (SSSR count). The summed E-state index contributed by atoms with van der Waals surface area (Å²) in [6, 6.07) is 1.41. The number of sulfonamides is 1. The van der Waals surface area contributed by atoms with Crippen molar-refractivity contribution in [3.8, 4) is 0 Å². The summed E-state index contributed by atoms with van der Waals surface area (Å²) < 4.78 is 31.5. The second-order valence-corrected chi connectivity index (χ2v) is 5.69. The molecule has 0 atom stereocenters. The molecule has 0 aliphatic carbocycles. The minimum absolute atomic E-state index is 0.0227. The Kier molecular flexibility index (Phi) is 5.28. The first-order valence-corrected chi connectivity index (χ1v) is 6.89. The SMILES string of the molecule is COCCNS(=O)(=O)c1cc(Br)cnc1NN. The fourth-order valence-corrected chi connectivity index (χ4v) is 2.73. The summed E-state index contributed by atoms with van der Waals surface area (Å²) in [6.07, 6.45) is 1.45. The van der Waals surface area contributed by atoms with E-state index in [1.165, 1.54) is 19.4 Å². The van der Waals surface area contributed by atoms with Gasteiger partial charge in [0.2, 0.25) is 10.0 Å². The van der Waals surface area contributed by atoms with Gasteiger partial charge in [0.1, 0.15) is 4.90 Å². The summed E-state index contributed by atoms with van der Waals surface area (Å²) in [5.41, 5.74) is 2.24. The number of nitrogens with two attached hydrogens (primary N) is 1. The lowest BCUT2D eigenvalue weighted by atomic mass is 10.5. The fourth-order valence-electron chi connectivity index (χ4n) is 1.09. The lowest BCUT2D eigenvalue weighted by molar-refractivity contribution is 0.204. The van der Waals surface area contributed by atoms with Crippen molar-refractivity contribution in [3.63, 3.8) is 0 Å². The highest BCUT2D eigenvalue weighted by Crippen LogP contribution is 2.21. The van der Waals surface area contributed by atoms with Crippen molar-refractivity contribution in [3.05, 3.63) is 16.7 Å². The predicted molar refractivity (Wildman–Crippen MR) is 66.8 cm³/mol. The van der Waals surface area contributed by atoms with Gasteiger partial charge in [0, 0.05) is 24.3 Å². The summed E-state index contributed by atoms with van der Waals surface area (Å²) in [4.78, 5) is 3.84. The van der Waals surface area contributed by atoms with E-state index in [2.05, 4.69) is 31.1 Å². The van der Waals surface area contributed by atoms with Crippen molar-refractivity contribution in [2.75, 3.05) is 25.7 Å². The Bertz CT molecular complexity index is 480. The number of anilines is 1. The number of nitrogen functional groups attached to an aromatic ring is 1. The van der Waals surface area contributed by atoms with Crippen LogP contribution >= 0.6 is 15.9 Å². The highest BCUT2D eigenvalue weighted by molar-refractivity contribution is 9.10. The molecule has 0 aliphatic heterocycles. The average molecular weight is 325 g/mol. The number of nitrogens with one attached hydrogen (secondary N) is 2. The Morgan fingerprint density at radius 3 is 2.88 bits per heavy atom. The number of ether oxygens (including phenoxy) is 1. The number of rotatable bonds is 6. The van der Waals surface area contributed by atoms with Crippen LogP contribution in [0.3, 0.4) is 0 Å². The van der Waals surface area contributed by atoms with Gasteiger partial charge in [0.25, 0.3) is 0 Å². The van der Waals surface area contributed by atoms with Crippen molar-refractivity contribution in [1.29, 1.82) is 0 Å². The molecular weight excluding hydrogens is 312 g/mol. The van der Waals surface area contributed by atoms with Gasteiger partial charge in [-0.15, -0.1) is 0 Å². The van der Waals surface area contributed by atoms with E-state index in [4.69, 9.17) is 10.6 Å². The van der Waals surface area contributed by atoms with E-state index >= 15 is 0 Å². The standard InChI is InChI=1S/C8H13BrN4O3S/c1-16-3-2-12-17(14,15)7-4-6(9)5-11-8(7)13-10/h4-5,12H,2-3,10H2,1H3,(H,11,13). The van der Waals surface area contributed by atoms with Crippen LogP contribution in [-0.4, -0.2) is 33.7 Å². The molecule has 0 unspecified atom stereocenters. The second-order valence-electron chi connectivity index (χ2n) is 3.04. The molecule has 0 aliphatic rings. The zero-order valence-electron chi connectivity index (χ0n) is 9.10. The maximum absolute atomic E-state index is 11.9. The molecule has 0 fully saturated rings. The molecule has 0 saturated carbocycles. The van der Waals surface area contributed by atoms with Gasteiger partial charge in [-0.3, -0.25) is 0 Å². The number of methoxy groups -OCH3 is 1. The number of hydrazine groups is 1. The first kappa shape index (κ1) is 14.3. The van der Waals surface area contributed by atoms with Crippen LogP contribution < -0.4 is 16.0 Å². The summed E-state index contributed by atoms with van der Waals surface area (Å²) in [5.74, 6) is 5.29. The zero-order chi connectivity index (χ0) is 12.9. The Morgan fingerprint density at radius 2 is 2.29 bits per heavy atom. The Labute approximate surface area is 108 Å². The van der Waals surface area contributed by atoms with E-state index in [1.807, 2.05) is 0 Å². The van der Waals surface area contributed by atoms with Crippen molar-refractivity contribution < 1.29 is 13.2 Å². The Balaban J connectivity index is 3.00. The molecule has 0 bridgehead atoms. The van der Waals surface area contributed by atoms with Gasteiger partial charge in [-0.05, 0) is 22.0 Å². The zero-order valence-corrected chi connectivity index (χ0v) is 11.5. The van der Waals surface area contributed by atoms with Crippen LogP contribution in [0.4, 0.5) is 5.82 Å². The molecule has 1 aromatic rings. The lowest BCUT2D eigenvalue weighted by Gasteiger charge is -2.10. The summed E-state index contributed by atoms with van der Waals surface area (Å²) in [7, 11) is -2.17. The van der Waals surface area contributed by atoms with Gasteiger partial charge in [-0.25, -0.2) is 24.0 Å². The summed E-state index contributed by atoms with van der Waals surface area (Å²) in [6.45, 7) is 0.460. The fraction of sp³-hybridized carbons (Fsp3) is 0.375. The molecule has 1 heterocycles. The van der Waals surface area contributed by atoms with Gasteiger partial charge < -0.3 is 10.2 Å². The van der Waals surface area contributed by atoms with Crippen LogP contribution in [0.5, 0.6) is 0 Å². The first-order chi connectivity index (χ1) is 8.01. The largest absolute Gasteiger partial charge is 0.383 e. The molecule has 1 aromatic heterocycles. The molecule has 0 spiro atoms. The summed E-state index contributed by atoms with van der Waals surface area (Å²) >= 11 is 3.15. The second kappa shape index (κ2) is 6.26. The summed E-state index contributed by atoms with van der Waals surface area (Å²) in [5, 5.41) is 0. The van der Waals surface area contributed by atoms with Crippen LogP contribution in [0.15, 0.2) is 21.6 Å². The van der Waals surface area contributed by atoms with Gasteiger partial charge in [-0.2, -0.15) is 0 Å². The Morgan fingerprint density at radius 1 is 1.59 bits per heavy atom. The predicted octanol–water partition coefficient (Wildman–Crippen LogP) is 0.0544. The molecular formula is C8H13BrN4O3S. The van der Waals surface area contributed by atoms with E-state index in [-0.39, 0.29) is 23.9 Å². The molecule has 96 valence electrons. The van der Waals surface area contributed by atoms with E-state index in [1.54, 1.807) is 0 Å². The first-order valence-electron chi connectivity index (χ1n) is 4.62. The van der Waals surface area contributed by atoms with Gasteiger partial charge in [0.05, 0.1) is 6.61 Å². The molecule has 17 heavy (non-hydrogen) atoms. The van der Waals surface area contributed by atoms with Crippen LogP contribution in [0.25, 0.3) is 0 Å². The minimum Gasteiger partial charge on any atom is -0.383 e. The number of aromatic nitrogens is 1. The number of halogens is 1. The van der Waals surface area contributed by atoms with Crippen molar-refractivity contribution in [1.82, 2.24) is 9.71 Å². The maximum atomic E-state index is 11.9. The van der Waals surface area contributed by atoms with E-state index in [0.29, 0.717) is 4.47 Å². The van der Waals surface area contributed by atoms with Crippen LogP contribution in [-0.2, 0) is 14.8 Å². The molecule has 0 amide bonds. The average Bonchev–Trinajstić information content (AvgIpc) is 2.29. The Hall–Kier alpha value is -0.740. The number of nitrogens with zero attached hydrogens (tertiary/aromatic N) is 1. The van der Waals surface area contributed by atoms with Gasteiger partial charge in [-0.1, -0.05) is 0 Å². The molecule has 4 N–H and O–H groups in total. The van der Waals surface area contributed by atoms with E-state index in [0.717, 1.165) is 0 Å². The quantitative estimate of drug-likeness (QED) is 0.388. The molecule has 7 nitrogen and oxygen atoms in total. The van der Waals surface area contributed by atoms with E-state index < -0.39 is 10.0 Å². The molecule has 0 radical (unpaired) electrons. The van der Waals surface area contributed by atoms with Crippen LogP contribution in [0, 0.1) is 0 Å². The van der Waals surface area contributed by atoms with Crippen LogP contribution in [0.2, 0.25) is 0 Å². The molecule has 9 heteroatoms. The monoisotopic (exact) mass is 324 g/mol. The van der Waals surface area contributed by atoms with Crippen molar-refractivity contribution in [2.24, 2.45) is 5.84 Å². The van der Waals surface area contributed by atoms with Gasteiger partial charge in [0.15, 0.2) is 5.82 Å². The number of pyridine rings is 1. The highest BCUT2D eigenvalue weighted by atomic mass is 79.9. The normalized spacial score (nSPS) is 11.5. The topological polar surface area (TPSA) is 106 Å². The minimum atomic E-state index is -3.66.